The van der Waals surface area contributed by atoms with Crippen molar-refractivity contribution in [2.75, 3.05) is 6.61 Å². The highest BCUT2D eigenvalue weighted by atomic mass is 35.5. The second-order valence-electron chi connectivity index (χ2n) is 5.15. The van der Waals surface area contributed by atoms with Gasteiger partial charge in [0.15, 0.2) is 0 Å². The zero-order valence-electron chi connectivity index (χ0n) is 12.6. The third-order valence-corrected chi connectivity index (χ3v) is 5.76. The number of benzene rings is 2. The minimum atomic E-state index is -3.90. The first-order chi connectivity index (χ1) is 11.9. The molecule has 0 aliphatic carbocycles. The summed E-state index contributed by atoms with van der Waals surface area (Å²) in [6.07, 6.45) is -0.183. The lowest BCUT2D eigenvalue weighted by Crippen LogP contribution is -2.17. The van der Waals surface area contributed by atoms with E-state index >= 15 is 0 Å². The van der Waals surface area contributed by atoms with Gasteiger partial charge in [-0.05, 0) is 18.2 Å². The van der Waals surface area contributed by atoms with E-state index in [0.29, 0.717) is 22.0 Å². The Morgan fingerprint density at radius 2 is 1.92 bits per heavy atom. The van der Waals surface area contributed by atoms with Crippen molar-refractivity contribution in [3.63, 3.8) is 0 Å². The molecule has 10 heteroatoms. The molecule has 0 amide bonds. The zero-order valence-corrected chi connectivity index (χ0v) is 15.0. The Hall–Kier alpha value is -1.63. The van der Waals surface area contributed by atoms with Gasteiger partial charge >= 0.3 is 7.82 Å². The van der Waals surface area contributed by atoms with Crippen molar-refractivity contribution in [3.8, 4) is 5.75 Å². The van der Waals surface area contributed by atoms with Gasteiger partial charge in [-0.3, -0.25) is 19.2 Å². The predicted octanol–water partition coefficient (Wildman–Crippen LogP) is 5.57. The fraction of sp³-hybridized carbons (Fsp3) is 0.200. The molecule has 1 fully saturated rings. The van der Waals surface area contributed by atoms with Crippen LogP contribution in [0.25, 0.3) is 0 Å². The molecule has 1 aliphatic heterocycles. The number of hydrogen-bond acceptors (Lipinski definition) is 6. The Morgan fingerprint density at radius 1 is 1.20 bits per heavy atom. The lowest BCUT2D eigenvalue weighted by molar-refractivity contribution is -0.384. The average molecular weight is 404 g/mol. The van der Waals surface area contributed by atoms with E-state index < -0.39 is 18.8 Å². The van der Waals surface area contributed by atoms with Crippen molar-refractivity contribution in [2.24, 2.45) is 0 Å². The van der Waals surface area contributed by atoms with Crippen LogP contribution in [0.2, 0.25) is 10.0 Å². The monoisotopic (exact) mass is 403 g/mol. The van der Waals surface area contributed by atoms with Gasteiger partial charge in [-0.15, -0.1) is 0 Å². The largest absolute Gasteiger partial charge is 0.530 e. The van der Waals surface area contributed by atoms with Crippen LogP contribution in [0.15, 0.2) is 42.5 Å². The number of non-ortho nitro benzene ring substituents is 1. The lowest BCUT2D eigenvalue weighted by Gasteiger charge is -2.29. The van der Waals surface area contributed by atoms with Crippen LogP contribution in [-0.2, 0) is 13.6 Å². The summed E-state index contributed by atoms with van der Waals surface area (Å²) >= 11 is 12.2. The number of hydrogen-bond donors (Lipinski definition) is 0. The van der Waals surface area contributed by atoms with Crippen molar-refractivity contribution in [2.45, 2.75) is 12.5 Å². The van der Waals surface area contributed by atoms with E-state index in [9.17, 15) is 14.7 Å². The first-order valence-corrected chi connectivity index (χ1v) is 9.40. The van der Waals surface area contributed by atoms with E-state index in [0.717, 1.165) is 0 Å². The minimum Gasteiger partial charge on any atom is -0.404 e. The Labute approximate surface area is 153 Å². The van der Waals surface area contributed by atoms with Gasteiger partial charge in [0.1, 0.15) is 5.75 Å². The summed E-state index contributed by atoms with van der Waals surface area (Å²) in [7, 11) is -3.90. The standard InChI is InChI=1S/C15H12Cl2NO6P/c16-13-3-1-2-12(15(13)17)14-8-9-22-25(21,24-14)23-11-6-4-10(5-7-11)18(19)20/h1-7,14H,8-9H2. The van der Waals surface area contributed by atoms with Gasteiger partial charge in [-0.25, -0.2) is 4.57 Å². The smallest absolute Gasteiger partial charge is 0.404 e. The van der Waals surface area contributed by atoms with E-state index in [4.69, 9.17) is 36.8 Å². The molecule has 0 aromatic heterocycles. The maximum Gasteiger partial charge on any atom is 0.530 e. The summed E-state index contributed by atoms with van der Waals surface area (Å²) in [5.74, 6) is 0.131. The fourth-order valence-corrected chi connectivity index (χ4v) is 4.12. The number of phosphoric ester groups is 1. The van der Waals surface area contributed by atoms with Crippen LogP contribution in [0, 0.1) is 10.1 Å². The minimum absolute atomic E-state index is 0.111. The number of halogens is 2. The molecule has 132 valence electrons. The molecule has 25 heavy (non-hydrogen) atoms. The Bertz CT molecular complexity index is 844. The van der Waals surface area contributed by atoms with Gasteiger partial charge in [0, 0.05) is 24.1 Å². The van der Waals surface area contributed by atoms with Crippen molar-refractivity contribution in [1.82, 2.24) is 0 Å². The number of nitro benzene ring substituents is 1. The van der Waals surface area contributed by atoms with Crippen LogP contribution in [-0.4, -0.2) is 11.5 Å². The van der Waals surface area contributed by atoms with Crippen LogP contribution in [0.3, 0.4) is 0 Å². The first-order valence-electron chi connectivity index (χ1n) is 7.19. The highest BCUT2D eigenvalue weighted by molar-refractivity contribution is 7.49. The zero-order chi connectivity index (χ0) is 18.0. The SMILES string of the molecule is O=[N+]([O-])c1ccc(OP2(=O)OCCC(c3cccc(Cl)c3Cl)O2)cc1. The van der Waals surface area contributed by atoms with Crippen molar-refractivity contribution >= 4 is 36.7 Å². The summed E-state index contributed by atoms with van der Waals surface area (Å²) in [6, 6.07) is 10.2. The Kier molecular flexibility index (Phi) is 5.32. The molecule has 1 aliphatic rings. The van der Waals surface area contributed by atoms with Gasteiger partial charge < -0.3 is 4.52 Å². The maximum atomic E-state index is 12.7. The summed E-state index contributed by atoms with van der Waals surface area (Å²) in [6.45, 7) is 0.137. The van der Waals surface area contributed by atoms with E-state index in [2.05, 4.69) is 0 Å². The van der Waals surface area contributed by atoms with Crippen LogP contribution in [0.5, 0.6) is 5.75 Å². The molecule has 2 aromatic carbocycles. The molecule has 2 unspecified atom stereocenters. The molecule has 0 N–H and O–H groups in total. The third-order valence-electron chi connectivity index (χ3n) is 3.48. The summed E-state index contributed by atoms with van der Waals surface area (Å²) in [5.41, 5.74) is 0.477. The third kappa shape index (κ3) is 4.14. The van der Waals surface area contributed by atoms with Gasteiger partial charge in [-0.2, -0.15) is 0 Å². The second-order valence-corrected chi connectivity index (χ2v) is 7.48. The van der Waals surface area contributed by atoms with Crippen LogP contribution in [0.1, 0.15) is 18.1 Å². The second kappa shape index (κ2) is 7.32. The Morgan fingerprint density at radius 3 is 2.60 bits per heavy atom. The number of nitrogens with zero attached hydrogens (tertiary/aromatic N) is 1. The van der Waals surface area contributed by atoms with Gasteiger partial charge in [-0.1, -0.05) is 35.3 Å². The fourth-order valence-electron chi connectivity index (χ4n) is 2.30. The molecule has 3 rings (SSSR count). The molecule has 1 saturated heterocycles. The quantitative estimate of drug-likeness (QED) is 0.376. The molecule has 0 bridgehead atoms. The van der Waals surface area contributed by atoms with Gasteiger partial charge in [0.05, 0.1) is 27.7 Å². The predicted molar refractivity (Wildman–Crippen MR) is 92.2 cm³/mol. The molecule has 1 heterocycles. The summed E-state index contributed by atoms with van der Waals surface area (Å²) in [4.78, 5) is 10.1. The number of phosphoric acid groups is 1. The molecule has 2 atom stereocenters. The van der Waals surface area contributed by atoms with E-state index in [-0.39, 0.29) is 18.0 Å². The van der Waals surface area contributed by atoms with Crippen LogP contribution >= 0.6 is 31.0 Å². The maximum absolute atomic E-state index is 12.7. The van der Waals surface area contributed by atoms with Crippen LogP contribution < -0.4 is 4.52 Å². The molecule has 7 nitrogen and oxygen atoms in total. The molecule has 0 spiro atoms. The average Bonchev–Trinajstić information content (AvgIpc) is 2.57. The van der Waals surface area contributed by atoms with Crippen molar-refractivity contribution in [1.29, 1.82) is 0 Å². The molecular weight excluding hydrogens is 392 g/mol. The van der Waals surface area contributed by atoms with E-state index in [1.54, 1.807) is 18.2 Å². The van der Waals surface area contributed by atoms with Crippen LogP contribution in [0.4, 0.5) is 5.69 Å². The normalized spacial score (nSPS) is 23.2. The highest BCUT2D eigenvalue weighted by Crippen LogP contribution is 2.57. The van der Waals surface area contributed by atoms with E-state index in [1.807, 2.05) is 0 Å². The lowest BCUT2D eigenvalue weighted by atomic mass is 10.1. The molecule has 2 aromatic rings. The Balaban J connectivity index is 1.78. The number of nitro groups is 1. The summed E-state index contributed by atoms with van der Waals surface area (Å²) < 4.78 is 28.7. The molecular formula is C15H12Cl2NO6P. The van der Waals surface area contributed by atoms with Gasteiger partial charge in [0.2, 0.25) is 0 Å². The molecule has 0 saturated carbocycles. The highest BCUT2D eigenvalue weighted by Gasteiger charge is 2.38. The van der Waals surface area contributed by atoms with Crippen molar-refractivity contribution < 1.29 is 23.1 Å². The topological polar surface area (TPSA) is 87.9 Å². The summed E-state index contributed by atoms with van der Waals surface area (Å²) in [5, 5.41) is 11.3. The van der Waals surface area contributed by atoms with E-state index in [1.165, 1.54) is 24.3 Å². The van der Waals surface area contributed by atoms with Crippen molar-refractivity contribution in [3.05, 3.63) is 68.2 Å². The van der Waals surface area contributed by atoms with Gasteiger partial charge in [0.25, 0.3) is 5.69 Å². The number of rotatable bonds is 4. The molecule has 0 radical (unpaired) electrons. The first kappa shape index (κ1) is 18.2.